The molecule has 0 atom stereocenters. The Labute approximate surface area is 97.1 Å². The third kappa shape index (κ3) is 2.27. The zero-order valence-electron chi connectivity index (χ0n) is 10.1. The van der Waals surface area contributed by atoms with Crippen molar-refractivity contribution in [2.75, 3.05) is 36.8 Å². The molecule has 0 aliphatic carbocycles. The van der Waals surface area contributed by atoms with Gasteiger partial charge in [-0.2, -0.15) is 0 Å². The second-order valence-corrected chi connectivity index (χ2v) is 4.55. The molecule has 16 heavy (non-hydrogen) atoms. The van der Waals surface area contributed by atoms with Crippen LogP contribution in [-0.4, -0.2) is 42.1 Å². The molecular weight excluding hydrogens is 200 g/mol. The lowest BCUT2D eigenvalue weighted by Crippen LogP contribution is -2.49. The van der Waals surface area contributed by atoms with Gasteiger partial charge in [0.2, 0.25) is 0 Å². The fraction of sp³-hybridized carbons (Fsp3) is 0.583. The Morgan fingerprint density at radius 1 is 1.25 bits per heavy atom. The molecule has 0 aromatic carbocycles. The van der Waals surface area contributed by atoms with Crippen molar-refractivity contribution in [2.24, 2.45) is 0 Å². The molecule has 4 heteroatoms. The number of piperazine rings is 1. The highest BCUT2D eigenvalue weighted by atomic mass is 15.3. The van der Waals surface area contributed by atoms with Crippen molar-refractivity contribution < 1.29 is 0 Å². The predicted molar refractivity (Wildman–Crippen MR) is 67.6 cm³/mol. The molecule has 2 N–H and O–H groups in total. The predicted octanol–water partition coefficient (Wildman–Crippen LogP) is 1.19. The second-order valence-electron chi connectivity index (χ2n) is 4.55. The first-order chi connectivity index (χ1) is 7.68. The Bertz CT molecular complexity index is 343. The van der Waals surface area contributed by atoms with Gasteiger partial charge in [0.05, 0.1) is 17.6 Å². The number of aromatic nitrogens is 1. The summed E-state index contributed by atoms with van der Waals surface area (Å²) in [6, 6.07) is 2.50. The second kappa shape index (κ2) is 4.70. The molecular formula is C12H20N4. The SMILES string of the molecule is CC(C)N1CCN(c2cnccc2N)CC1. The fourth-order valence-corrected chi connectivity index (χ4v) is 2.14. The summed E-state index contributed by atoms with van der Waals surface area (Å²) >= 11 is 0. The topological polar surface area (TPSA) is 45.4 Å². The van der Waals surface area contributed by atoms with Gasteiger partial charge in [-0.1, -0.05) is 0 Å². The first kappa shape index (κ1) is 11.2. The largest absolute Gasteiger partial charge is 0.397 e. The highest BCUT2D eigenvalue weighted by Gasteiger charge is 2.19. The fourth-order valence-electron chi connectivity index (χ4n) is 2.14. The van der Waals surface area contributed by atoms with Gasteiger partial charge >= 0.3 is 0 Å². The molecule has 0 amide bonds. The summed E-state index contributed by atoms with van der Waals surface area (Å²) in [6.45, 7) is 8.77. The average molecular weight is 220 g/mol. The van der Waals surface area contributed by atoms with Gasteiger partial charge in [-0.3, -0.25) is 9.88 Å². The first-order valence-electron chi connectivity index (χ1n) is 5.87. The minimum Gasteiger partial charge on any atom is -0.397 e. The Hall–Kier alpha value is -1.29. The van der Waals surface area contributed by atoms with E-state index in [1.54, 1.807) is 6.20 Å². The molecule has 0 bridgehead atoms. The van der Waals surface area contributed by atoms with E-state index in [0.717, 1.165) is 37.6 Å². The highest BCUT2D eigenvalue weighted by Crippen LogP contribution is 2.22. The summed E-state index contributed by atoms with van der Waals surface area (Å²) in [7, 11) is 0. The van der Waals surface area contributed by atoms with Crippen LogP contribution in [0.5, 0.6) is 0 Å². The van der Waals surface area contributed by atoms with E-state index in [1.165, 1.54) is 0 Å². The van der Waals surface area contributed by atoms with Gasteiger partial charge in [-0.15, -0.1) is 0 Å². The van der Waals surface area contributed by atoms with E-state index in [-0.39, 0.29) is 0 Å². The summed E-state index contributed by atoms with van der Waals surface area (Å²) in [6.07, 6.45) is 3.60. The number of anilines is 2. The lowest BCUT2D eigenvalue weighted by molar-refractivity contribution is 0.209. The maximum absolute atomic E-state index is 5.95. The summed E-state index contributed by atoms with van der Waals surface area (Å²) < 4.78 is 0. The molecule has 0 spiro atoms. The van der Waals surface area contributed by atoms with Gasteiger partial charge in [0.25, 0.3) is 0 Å². The highest BCUT2D eigenvalue weighted by molar-refractivity contribution is 5.66. The normalized spacial score (nSPS) is 18.1. The van der Waals surface area contributed by atoms with Crippen molar-refractivity contribution >= 4 is 11.4 Å². The number of pyridine rings is 1. The van der Waals surface area contributed by atoms with E-state index < -0.39 is 0 Å². The lowest BCUT2D eigenvalue weighted by atomic mass is 10.2. The minimum atomic E-state index is 0.633. The molecule has 1 aliphatic heterocycles. The van der Waals surface area contributed by atoms with E-state index in [2.05, 4.69) is 28.6 Å². The summed E-state index contributed by atoms with van der Waals surface area (Å²) in [5, 5.41) is 0. The molecule has 2 heterocycles. The number of nitrogens with two attached hydrogens (primary N) is 1. The lowest BCUT2D eigenvalue weighted by Gasteiger charge is -2.38. The molecule has 88 valence electrons. The van der Waals surface area contributed by atoms with Crippen molar-refractivity contribution in [3.05, 3.63) is 18.5 Å². The van der Waals surface area contributed by atoms with Crippen LogP contribution in [0.4, 0.5) is 11.4 Å². The van der Waals surface area contributed by atoms with E-state index >= 15 is 0 Å². The maximum atomic E-state index is 5.95. The molecule has 1 fully saturated rings. The van der Waals surface area contributed by atoms with Gasteiger partial charge in [0, 0.05) is 38.4 Å². The Balaban J connectivity index is 2.02. The van der Waals surface area contributed by atoms with Gasteiger partial charge < -0.3 is 10.6 Å². The molecule has 1 saturated heterocycles. The van der Waals surface area contributed by atoms with Crippen molar-refractivity contribution in [2.45, 2.75) is 19.9 Å². The Kier molecular flexibility index (Phi) is 3.29. The number of rotatable bonds is 2. The van der Waals surface area contributed by atoms with Gasteiger partial charge in [0.1, 0.15) is 0 Å². The molecule has 0 radical (unpaired) electrons. The van der Waals surface area contributed by atoms with Crippen molar-refractivity contribution in [1.82, 2.24) is 9.88 Å². The maximum Gasteiger partial charge on any atom is 0.0787 e. The molecule has 1 aromatic rings. The minimum absolute atomic E-state index is 0.633. The van der Waals surface area contributed by atoms with Crippen LogP contribution in [0.2, 0.25) is 0 Å². The number of hydrogen-bond donors (Lipinski definition) is 1. The molecule has 1 aliphatic rings. The standard InChI is InChI=1S/C12H20N4/c1-10(2)15-5-7-16(8-6-15)12-9-14-4-3-11(12)13/h3-4,9-10H,5-8H2,1-2H3,(H2,13,14). The van der Waals surface area contributed by atoms with Crippen molar-refractivity contribution in [3.8, 4) is 0 Å². The van der Waals surface area contributed by atoms with Gasteiger partial charge in [-0.05, 0) is 19.9 Å². The number of hydrogen-bond acceptors (Lipinski definition) is 4. The van der Waals surface area contributed by atoms with Crippen LogP contribution in [0.25, 0.3) is 0 Å². The molecule has 2 rings (SSSR count). The third-order valence-corrected chi connectivity index (χ3v) is 3.22. The van der Waals surface area contributed by atoms with Crippen LogP contribution in [0.1, 0.15) is 13.8 Å². The first-order valence-corrected chi connectivity index (χ1v) is 5.87. The molecule has 4 nitrogen and oxygen atoms in total. The monoisotopic (exact) mass is 220 g/mol. The zero-order valence-corrected chi connectivity index (χ0v) is 10.1. The van der Waals surface area contributed by atoms with E-state index in [0.29, 0.717) is 6.04 Å². The van der Waals surface area contributed by atoms with Crippen molar-refractivity contribution in [1.29, 1.82) is 0 Å². The zero-order chi connectivity index (χ0) is 11.5. The third-order valence-electron chi connectivity index (χ3n) is 3.22. The van der Waals surface area contributed by atoms with Gasteiger partial charge in [0.15, 0.2) is 0 Å². The van der Waals surface area contributed by atoms with E-state index in [9.17, 15) is 0 Å². The van der Waals surface area contributed by atoms with Crippen LogP contribution < -0.4 is 10.6 Å². The van der Waals surface area contributed by atoms with Crippen LogP contribution in [0.15, 0.2) is 18.5 Å². The smallest absolute Gasteiger partial charge is 0.0787 e. The Morgan fingerprint density at radius 2 is 1.94 bits per heavy atom. The quantitative estimate of drug-likeness (QED) is 0.813. The van der Waals surface area contributed by atoms with Crippen LogP contribution >= 0.6 is 0 Å². The van der Waals surface area contributed by atoms with E-state index in [4.69, 9.17) is 5.73 Å². The van der Waals surface area contributed by atoms with Gasteiger partial charge in [-0.25, -0.2) is 0 Å². The van der Waals surface area contributed by atoms with E-state index in [1.807, 2.05) is 12.3 Å². The molecule has 0 unspecified atom stereocenters. The Morgan fingerprint density at radius 3 is 2.50 bits per heavy atom. The summed E-state index contributed by atoms with van der Waals surface area (Å²) in [5.41, 5.74) is 7.85. The number of nitrogen functional groups attached to an aromatic ring is 1. The summed E-state index contributed by atoms with van der Waals surface area (Å²) in [5.74, 6) is 0. The van der Waals surface area contributed by atoms with Crippen LogP contribution in [-0.2, 0) is 0 Å². The molecule has 1 aromatic heterocycles. The average Bonchev–Trinajstić information content (AvgIpc) is 2.30. The molecule has 0 saturated carbocycles. The van der Waals surface area contributed by atoms with Crippen LogP contribution in [0, 0.1) is 0 Å². The number of nitrogens with zero attached hydrogens (tertiary/aromatic N) is 3. The van der Waals surface area contributed by atoms with Crippen LogP contribution in [0.3, 0.4) is 0 Å². The van der Waals surface area contributed by atoms with Crippen molar-refractivity contribution in [3.63, 3.8) is 0 Å². The summed E-state index contributed by atoms with van der Waals surface area (Å²) in [4.78, 5) is 8.95.